The Morgan fingerprint density at radius 1 is 1.53 bits per heavy atom. The van der Waals surface area contributed by atoms with Gasteiger partial charge in [-0.1, -0.05) is 0 Å². The second-order valence-electron chi connectivity index (χ2n) is 3.73. The van der Waals surface area contributed by atoms with Crippen molar-refractivity contribution in [3.63, 3.8) is 0 Å². The molecular weight excluding hydrogens is 192 g/mol. The lowest BCUT2D eigenvalue weighted by molar-refractivity contribution is -0.119. The van der Waals surface area contributed by atoms with E-state index >= 15 is 0 Å². The molecule has 0 aliphatic heterocycles. The number of amides is 1. The van der Waals surface area contributed by atoms with Gasteiger partial charge < -0.3 is 9.64 Å². The van der Waals surface area contributed by atoms with Crippen molar-refractivity contribution in [2.45, 2.75) is 12.8 Å². The molecule has 1 fully saturated rings. The van der Waals surface area contributed by atoms with Gasteiger partial charge in [0.15, 0.2) is 0 Å². The number of hydrogen-bond acceptors (Lipinski definition) is 3. The van der Waals surface area contributed by atoms with E-state index in [2.05, 4.69) is 4.98 Å². The number of aromatic nitrogens is 1. The molecule has 0 unspecified atom stereocenters. The van der Waals surface area contributed by atoms with Crippen molar-refractivity contribution in [1.82, 2.24) is 4.98 Å². The van der Waals surface area contributed by atoms with Gasteiger partial charge in [-0.05, 0) is 18.9 Å². The Morgan fingerprint density at radius 3 is 2.73 bits per heavy atom. The smallest absolute Gasteiger partial charge is 0.229 e. The summed E-state index contributed by atoms with van der Waals surface area (Å²) < 4.78 is 4.95. The fourth-order valence-electron chi connectivity index (χ4n) is 1.42. The second kappa shape index (κ2) is 3.88. The van der Waals surface area contributed by atoms with Crippen LogP contribution in [0.1, 0.15) is 12.8 Å². The van der Waals surface area contributed by atoms with Crippen LogP contribution in [-0.4, -0.2) is 25.0 Å². The molecule has 0 N–H and O–H groups in total. The summed E-state index contributed by atoms with van der Waals surface area (Å²) in [6.45, 7) is 0. The standard InChI is InChI=1S/C11H14N2O2/c1-13(11(14)8-3-4-8)9-5-6-10(15-2)12-7-9/h5-8H,3-4H2,1-2H3. The van der Waals surface area contributed by atoms with Crippen LogP contribution in [0.5, 0.6) is 5.88 Å². The Kier molecular flexibility index (Phi) is 2.58. The second-order valence-corrected chi connectivity index (χ2v) is 3.73. The van der Waals surface area contributed by atoms with E-state index in [1.54, 1.807) is 31.3 Å². The number of pyridine rings is 1. The summed E-state index contributed by atoms with van der Waals surface area (Å²) in [5.74, 6) is 0.977. The number of methoxy groups -OCH3 is 1. The first-order valence-electron chi connectivity index (χ1n) is 5.00. The predicted molar refractivity (Wildman–Crippen MR) is 56.9 cm³/mol. The van der Waals surface area contributed by atoms with E-state index in [1.807, 2.05) is 6.07 Å². The lowest BCUT2D eigenvalue weighted by Gasteiger charge is -2.16. The molecular formula is C11H14N2O2. The maximum absolute atomic E-state index is 11.7. The molecule has 1 aliphatic rings. The highest BCUT2D eigenvalue weighted by molar-refractivity contribution is 5.95. The quantitative estimate of drug-likeness (QED) is 0.752. The van der Waals surface area contributed by atoms with Gasteiger partial charge in [-0.25, -0.2) is 4.98 Å². The highest BCUT2D eigenvalue weighted by Gasteiger charge is 2.32. The van der Waals surface area contributed by atoms with Gasteiger partial charge in [0, 0.05) is 19.0 Å². The molecule has 1 heterocycles. The van der Waals surface area contributed by atoms with Gasteiger partial charge in [0.1, 0.15) is 0 Å². The number of nitrogens with zero attached hydrogens (tertiary/aromatic N) is 2. The molecule has 1 aromatic heterocycles. The van der Waals surface area contributed by atoms with Gasteiger partial charge in [0.25, 0.3) is 0 Å². The van der Waals surface area contributed by atoms with Gasteiger partial charge in [0.2, 0.25) is 11.8 Å². The molecule has 0 bridgehead atoms. The lowest BCUT2D eigenvalue weighted by Crippen LogP contribution is -2.27. The fourth-order valence-corrected chi connectivity index (χ4v) is 1.42. The van der Waals surface area contributed by atoms with Crippen molar-refractivity contribution in [2.24, 2.45) is 5.92 Å². The summed E-state index contributed by atoms with van der Waals surface area (Å²) in [5, 5.41) is 0. The first-order chi connectivity index (χ1) is 7.22. The van der Waals surface area contributed by atoms with Gasteiger partial charge >= 0.3 is 0 Å². The number of anilines is 1. The summed E-state index contributed by atoms with van der Waals surface area (Å²) in [5.41, 5.74) is 0.813. The zero-order chi connectivity index (χ0) is 10.8. The summed E-state index contributed by atoms with van der Waals surface area (Å²) in [7, 11) is 3.35. The van der Waals surface area contributed by atoms with E-state index < -0.39 is 0 Å². The monoisotopic (exact) mass is 206 g/mol. The number of hydrogen-bond donors (Lipinski definition) is 0. The van der Waals surface area contributed by atoms with Crippen molar-refractivity contribution in [3.8, 4) is 5.88 Å². The summed E-state index contributed by atoms with van der Waals surface area (Å²) >= 11 is 0. The largest absolute Gasteiger partial charge is 0.481 e. The third-order valence-corrected chi connectivity index (χ3v) is 2.57. The average Bonchev–Trinajstić information content (AvgIpc) is 3.11. The third kappa shape index (κ3) is 2.09. The molecule has 80 valence electrons. The summed E-state index contributed by atoms with van der Waals surface area (Å²) in [6.07, 6.45) is 3.69. The molecule has 1 aliphatic carbocycles. The Bertz CT molecular complexity index is 357. The van der Waals surface area contributed by atoms with Crippen molar-refractivity contribution < 1.29 is 9.53 Å². The molecule has 1 amide bonds. The van der Waals surface area contributed by atoms with Crippen molar-refractivity contribution in [1.29, 1.82) is 0 Å². The maximum atomic E-state index is 11.7. The first-order valence-corrected chi connectivity index (χ1v) is 5.00. The molecule has 0 saturated heterocycles. The topological polar surface area (TPSA) is 42.4 Å². The minimum atomic E-state index is 0.182. The Labute approximate surface area is 88.9 Å². The molecule has 15 heavy (non-hydrogen) atoms. The molecule has 0 atom stereocenters. The number of carbonyl (C=O) groups is 1. The molecule has 2 rings (SSSR count). The highest BCUT2D eigenvalue weighted by Crippen LogP contribution is 2.32. The molecule has 4 nitrogen and oxygen atoms in total. The SMILES string of the molecule is COc1ccc(N(C)C(=O)C2CC2)cn1. The fraction of sp³-hybridized carbons (Fsp3) is 0.455. The van der Waals surface area contributed by atoms with Crippen LogP contribution in [0.4, 0.5) is 5.69 Å². The van der Waals surface area contributed by atoms with Gasteiger partial charge in [-0.3, -0.25) is 4.79 Å². The van der Waals surface area contributed by atoms with Crippen LogP contribution in [0.2, 0.25) is 0 Å². The number of rotatable bonds is 3. The van der Waals surface area contributed by atoms with Gasteiger partial charge in [-0.15, -0.1) is 0 Å². The highest BCUT2D eigenvalue weighted by atomic mass is 16.5. The van der Waals surface area contributed by atoms with Crippen LogP contribution in [0.15, 0.2) is 18.3 Å². The summed E-state index contributed by atoms with van der Waals surface area (Å²) in [4.78, 5) is 17.4. The predicted octanol–water partition coefficient (Wildman–Crippen LogP) is 1.46. The normalized spacial score (nSPS) is 14.8. The first kappa shape index (κ1) is 9.96. The number of carbonyl (C=O) groups excluding carboxylic acids is 1. The Morgan fingerprint density at radius 2 is 2.27 bits per heavy atom. The molecule has 4 heteroatoms. The van der Waals surface area contributed by atoms with Crippen molar-refractivity contribution in [2.75, 3.05) is 19.1 Å². The van der Waals surface area contributed by atoms with E-state index in [0.717, 1.165) is 18.5 Å². The third-order valence-electron chi connectivity index (χ3n) is 2.57. The van der Waals surface area contributed by atoms with Crippen LogP contribution in [0.3, 0.4) is 0 Å². The van der Waals surface area contributed by atoms with E-state index in [1.165, 1.54) is 0 Å². The van der Waals surface area contributed by atoms with E-state index in [9.17, 15) is 4.79 Å². The van der Waals surface area contributed by atoms with E-state index in [4.69, 9.17) is 4.74 Å². The van der Waals surface area contributed by atoms with Gasteiger partial charge in [-0.2, -0.15) is 0 Å². The van der Waals surface area contributed by atoms with Crippen LogP contribution in [0, 0.1) is 5.92 Å². The van der Waals surface area contributed by atoms with E-state index in [-0.39, 0.29) is 11.8 Å². The van der Waals surface area contributed by atoms with Crippen LogP contribution >= 0.6 is 0 Å². The Balaban J connectivity index is 2.10. The number of ether oxygens (including phenoxy) is 1. The summed E-state index contributed by atoms with van der Waals surface area (Å²) in [6, 6.07) is 3.60. The minimum absolute atomic E-state index is 0.182. The van der Waals surface area contributed by atoms with Crippen molar-refractivity contribution in [3.05, 3.63) is 18.3 Å². The van der Waals surface area contributed by atoms with Crippen LogP contribution in [-0.2, 0) is 4.79 Å². The molecule has 1 aromatic rings. The molecule has 0 aromatic carbocycles. The van der Waals surface area contributed by atoms with Gasteiger partial charge in [0.05, 0.1) is 19.0 Å². The zero-order valence-corrected chi connectivity index (χ0v) is 8.93. The zero-order valence-electron chi connectivity index (χ0n) is 8.93. The molecule has 0 spiro atoms. The average molecular weight is 206 g/mol. The van der Waals surface area contributed by atoms with Crippen LogP contribution < -0.4 is 9.64 Å². The lowest BCUT2D eigenvalue weighted by atomic mass is 10.3. The van der Waals surface area contributed by atoms with Crippen molar-refractivity contribution >= 4 is 11.6 Å². The maximum Gasteiger partial charge on any atom is 0.229 e. The van der Waals surface area contributed by atoms with Crippen LogP contribution in [0.25, 0.3) is 0 Å². The minimum Gasteiger partial charge on any atom is -0.481 e. The Hall–Kier alpha value is -1.58. The van der Waals surface area contributed by atoms with E-state index in [0.29, 0.717) is 5.88 Å². The molecule has 0 radical (unpaired) electrons. The molecule has 1 saturated carbocycles.